The first-order valence-corrected chi connectivity index (χ1v) is 28.3. The first-order chi connectivity index (χ1) is 38.5. The number of fused-ring (bicyclic) bond motifs is 2. The number of thiol groups is 2. The molecule has 0 bridgehead atoms. The first-order valence-electron chi connectivity index (χ1n) is 27.4. The lowest BCUT2D eigenvalue weighted by molar-refractivity contribution is 0.534. The molecule has 0 fully saturated rings. The van der Waals surface area contributed by atoms with E-state index < -0.39 is 0 Å². The maximum atomic E-state index is 5.17. The molecule has 0 N–H and O–H groups in total. The molecular formula is C76H64S2. The monoisotopic (exact) mass is 1040 g/mol. The Morgan fingerprint density at radius 1 is 0.526 bits per heavy atom. The molecule has 0 aliphatic heterocycles. The Balaban J connectivity index is 0.945. The Labute approximate surface area is 474 Å². The maximum absolute atomic E-state index is 5.17. The lowest BCUT2D eigenvalue weighted by Gasteiger charge is -2.25. The van der Waals surface area contributed by atoms with Crippen molar-refractivity contribution in [2.75, 3.05) is 0 Å². The van der Waals surface area contributed by atoms with Crippen molar-refractivity contribution < 1.29 is 0 Å². The molecule has 0 spiro atoms. The summed E-state index contributed by atoms with van der Waals surface area (Å²) in [6.45, 7) is 0. The van der Waals surface area contributed by atoms with E-state index in [1.54, 1.807) is 0 Å². The van der Waals surface area contributed by atoms with E-state index in [1.807, 2.05) is 6.08 Å². The second-order valence-electron chi connectivity index (χ2n) is 20.5. The van der Waals surface area contributed by atoms with Crippen molar-refractivity contribution in [1.82, 2.24) is 0 Å². The molecule has 4 unspecified atom stereocenters. The Morgan fingerprint density at radius 2 is 1.18 bits per heavy atom. The zero-order valence-electron chi connectivity index (χ0n) is 43.9. The van der Waals surface area contributed by atoms with E-state index in [2.05, 4.69) is 297 Å². The van der Waals surface area contributed by atoms with Gasteiger partial charge in [0.25, 0.3) is 0 Å². The summed E-state index contributed by atoms with van der Waals surface area (Å²) in [6, 6.07) is 52.2. The van der Waals surface area contributed by atoms with Crippen LogP contribution in [0.3, 0.4) is 0 Å². The van der Waals surface area contributed by atoms with E-state index in [4.69, 9.17) is 25.3 Å². The van der Waals surface area contributed by atoms with Crippen LogP contribution in [0.5, 0.6) is 0 Å². The highest BCUT2D eigenvalue weighted by Crippen LogP contribution is 2.49. The van der Waals surface area contributed by atoms with Crippen LogP contribution >= 0.6 is 25.3 Å². The fraction of sp³-hybridized carbons (Fsp3) is 0.105. The van der Waals surface area contributed by atoms with Crippen LogP contribution in [0.15, 0.2) is 346 Å². The first kappa shape index (κ1) is 51.9. The topological polar surface area (TPSA) is 0 Å². The van der Waals surface area contributed by atoms with Crippen LogP contribution in [0.1, 0.15) is 59.1 Å². The summed E-state index contributed by atoms with van der Waals surface area (Å²) in [7, 11) is 0. The van der Waals surface area contributed by atoms with Gasteiger partial charge in [0, 0.05) is 27.6 Å². The Hall–Kier alpha value is -8.14. The highest BCUT2D eigenvalue weighted by molar-refractivity contribution is 7.85. The van der Waals surface area contributed by atoms with E-state index in [-0.39, 0.29) is 11.8 Å². The Kier molecular flexibility index (Phi) is 16.9. The zero-order valence-corrected chi connectivity index (χ0v) is 45.7. The molecule has 0 amide bonds. The molecule has 0 saturated heterocycles. The van der Waals surface area contributed by atoms with Crippen LogP contribution in [0.25, 0.3) is 22.8 Å². The second-order valence-corrected chi connectivity index (χ2v) is 21.5. The van der Waals surface area contributed by atoms with Gasteiger partial charge in [-0.2, -0.15) is 0 Å². The summed E-state index contributed by atoms with van der Waals surface area (Å²) >= 11 is 10.0. The van der Waals surface area contributed by atoms with Gasteiger partial charge in [-0.1, -0.05) is 285 Å². The van der Waals surface area contributed by atoms with E-state index >= 15 is 0 Å². The average Bonchev–Trinajstić information content (AvgIpc) is 4.10. The molecule has 0 saturated carbocycles. The van der Waals surface area contributed by atoms with Crippen LogP contribution in [-0.2, 0) is 0 Å². The standard InChI is InChI=1S/C76H64S2/c77-67(37-20-36-58-35-19-34-57-23-14-5-15-39-68(57)58)38-21-41-75(78)64-48-50-70-71(51-49-64)76(65-46-43-56(44-47-65)53-73(61-28-10-3-11-29-61)62-30-12-4-13-31-62)69-40-17-16-32-66(69)54-74(70)63-33-18-22-55(42-45-63)52-72(59-24-6-1-7-25-59)60-26-8-2-9-27-60/h1-21,23-34,36-49,51-53,58,66,68,74,77-78H,22,35,50,54H2/b36-20+,38-21+,67-37-,75-41-. The quantitative estimate of drug-likeness (QED) is 0.0655. The van der Waals surface area contributed by atoms with Crippen LogP contribution in [0.4, 0.5) is 0 Å². The van der Waals surface area contributed by atoms with Crippen LogP contribution in [-0.4, -0.2) is 0 Å². The van der Waals surface area contributed by atoms with Crippen molar-refractivity contribution in [3.05, 3.63) is 380 Å². The molecule has 5 aromatic rings. The van der Waals surface area contributed by atoms with E-state index in [0.717, 1.165) is 46.6 Å². The van der Waals surface area contributed by atoms with Gasteiger partial charge in [-0.3, -0.25) is 0 Å². The number of hydrogen-bond donors (Lipinski definition) is 2. The van der Waals surface area contributed by atoms with E-state index in [1.165, 1.54) is 78.0 Å². The van der Waals surface area contributed by atoms with Gasteiger partial charge in [-0.15, -0.1) is 25.3 Å². The van der Waals surface area contributed by atoms with Crippen molar-refractivity contribution in [3.8, 4) is 0 Å². The molecule has 380 valence electrons. The fourth-order valence-corrected chi connectivity index (χ4v) is 12.0. The van der Waals surface area contributed by atoms with Crippen LogP contribution in [0.2, 0.25) is 0 Å². The normalized spacial score (nSPS) is 20.9. The van der Waals surface area contributed by atoms with Gasteiger partial charge in [-0.25, -0.2) is 0 Å². The number of hydrogen-bond acceptors (Lipinski definition) is 2. The van der Waals surface area contributed by atoms with Gasteiger partial charge in [0.15, 0.2) is 0 Å². The second kappa shape index (κ2) is 25.3. The van der Waals surface area contributed by atoms with E-state index in [0.29, 0.717) is 11.8 Å². The number of allylic oxidation sites excluding steroid dienone is 33. The predicted octanol–water partition coefficient (Wildman–Crippen LogP) is 19.9. The third kappa shape index (κ3) is 12.5. The van der Waals surface area contributed by atoms with Crippen molar-refractivity contribution >= 4 is 48.1 Å². The molecule has 5 aromatic carbocycles. The van der Waals surface area contributed by atoms with Crippen molar-refractivity contribution in [1.29, 1.82) is 0 Å². The van der Waals surface area contributed by atoms with Crippen LogP contribution < -0.4 is 0 Å². The average molecular weight is 1040 g/mol. The lowest BCUT2D eigenvalue weighted by atomic mass is 9.79. The minimum Gasteiger partial charge on any atom is -0.143 e. The fourth-order valence-electron chi connectivity index (χ4n) is 11.5. The summed E-state index contributed by atoms with van der Waals surface area (Å²) in [5.74, 6) is 1.20. The van der Waals surface area contributed by atoms with Gasteiger partial charge in [0.2, 0.25) is 0 Å². The third-order valence-corrected chi connectivity index (χ3v) is 16.2. The van der Waals surface area contributed by atoms with Crippen molar-refractivity contribution in [2.45, 2.75) is 25.7 Å². The third-order valence-electron chi connectivity index (χ3n) is 15.5. The van der Waals surface area contributed by atoms with Gasteiger partial charge in [0.1, 0.15) is 0 Å². The molecule has 6 aliphatic rings. The summed E-state index contributed by atoms with van der Waals surface area (Å²) in [5, 5.41) is 0. The lowest BCUT2D eigenvalue weighted by Crippen LogP contribution is -2.14. The molecule has 11 rings (SSSR count). The van der Waals surface area contributed by atoms with E-state index in [9.17, 15) is 0 Å². The minimum atomic E-state index is 0.161. The molecule has 0 nitrogen and oxygen atoms in total. The van der Waals surface area contributed by atoms with Crippen LogP contribution in [0, 0.1) is 23.7 Å². The van der Waals surface area contributed by atoms with Gasteiger partial charge in [-0.05, 0) is 139 Å². The Bertz CT molecular complexity index is 3550. The molecule has 2 heteroatoms. The van der Waals surface area contributed by atoms with Crippen molar-refractivity contribution in [2.24, 2.45) is 23.7 Å². The maximum Gasteiger partial charge on any atom is 0.0109 e. The van der Waals surface area contributed by atoms with Gasteiger partial charge < -0.3 is 0 Å². The summed E-state index contributed by atoms with van der Waals surface area (Å²) < 4.78 is 0. The zero-order chi connectivity index (χ0) is 52.9. The molecule has 78 heavy (non-hydrogen) atoms. The smallest absolute Gasteiger partial charge is 0.0109 e. The molecule has 4 atom stereocenters. The molecule has 6 aliphatic carbocycles. The molecule has 0 heterocycles. The summed E-state index contributed by atoms with van der Waals surface area (Å²) in [6.07, 6.45) is 62.4. The van der Waals surface area contributed by atoms with Crippen molar-refractivity contribution in [3.63, 3.8) is 0 Å². The molecule has 0 radical (unpaired) electrons. The molecule has 0 aromatic heterocycles. The highest BCUT2D eigenvalue weighted by Gasteiger charge is 2.33. The minimum absolute atomic E-state index is 0.161. The SMILES string of the molecule is SC(=C\C=C\C1CC=CC2=CC=CC=CC21)/C=C/C=C(\S)C1=CCC2=C(C=C1)C(c1ccc(C=C(c3ccccc3)c3ccccc3)cc1)=C1C=CC=CC1CC2C1=CC=C(C=C(c2ccccc2)c2ccccc2)CC=C1. The van der Waals surface area contributed by atoms with Gasteiger partial charge >= 0.3 is 0 Å². The summed E-state index contributed by atoms with van der Waals surface area (Å²) in [4.78, 5) is 1.80. The number of rotatable bonds is 13. The highest BCUT2D eigenvalue weighted by atomic mass is 32.1. The largest absolute Gasteiger partial charge is 0.143 e. The predicted molar refractivity (Wildman–Crippen MR) is 341 cm³/mol. The Morgan fingerprint density at radius 3 is 1.87 bits per heavy atom. The molecular weight excluding hydrogens is 977 g/mol. The van der Waals surface area contributed by atoms with Gasteiger partial charge in [0.05, 0.1) is 0 Å². The summed E-state index contributed by atoms with van der Waals surface area (Å²) in [5.41, 5.74) is 20.1. The number of benzene rings is 5.